The number of hydrogen-bond donors (Lipinski definition) is 3. The van der Waals surface area contributed by atoms with Gasteiger partial charge in [-0.2, -0.15) is 0 Å². The van der Waals surface area contributed by atoms with E-state index in [-0.39, 0.29) is 54.6 Å². The summed E-state index contributed by atoms with van der Waals surface area (Å²) in [6.07, 6.45) is 20.6. The highest BCUT2D eigenvalue weighted by Gasteiger charge is 2.61. The fourth-order valence-electron chi connectivity index (χ4n) is 14.7. The van der Waals surface area contributed by atoms with Crippen LogP contribution in [0.3, 0.4) is 0 Å². The highest BCUT2D eigenvalue weighted by molar-refractivity contribution is 5.72. The van der Waals surface area contributed by atoms with Gasteiger partial charge in [0.05, 0.1) is 30.7 Å². The second-order valence-electron chi connectivity index (χ2n) is 22.2. The predicted octanol–water partition coefficient (Wildman–Crippen LogP) is 11.0. The number of esters is 2. The van der Waals surface area contributed by atoms with E-state index in [0.717, 1.165) is 66.3 Å². The van der Waals surface area contributed by atoms with Crippen LogP contribution in [0.15, 0.2) is 23.8 Å². The van der Waals surface area contributed by atoms with Gasteiger partial charge in [0.25, 0.3) is 0 Å². The molecule has 0 aromatic carbocycles. The summed E-state index contributed by atoms with van der Waals surface area (Å²) in [6, 6.07) is 0. The molecule has 0 spiro atoms. The van der Waals surface area contributed by atoms with Crippen molar-refractivity contribution in [1.82, 2.24) is 0 Å². The van der Waals surface area contributed by atoms with Crippen LogP contribution in [0, 0.1) is 81.8 Å². The molecule has 7 nitrogen and oxygen atoms in total. The molecule has 18 atom stereocenters. The Bertz CT molecular complexity index is 1470. The zero-order chi connectivity index (χ0) is 42.8. The van der Waals surface area contributed by atoms with E-state index in [2.05, 4.69) is 60.6 Å². The van der Waals surface area contributed by atoms with Gasteiger partial charge in [-0.05, 0) is 165 Å². The van der Waals surface area contributed by atoms with Crippen molar-refractivity contribution in [2.24, 2.45) is 81.8 Å². The van der Waals surface area contributed by atoms with E-state index in [9.17, 15) is 24.9 Å². The average Bonchev–Trinajstić information content (AvgIpc) is 3.54. The number of allylic oxidation sites excluding steroid dienone is 2. The van der Waals surface area contributed by atoms with Crippen LogP contribution in [0.5, 0.6) is 0 Å². The van der Waals surface area contributed by atoms with Gasteiger partial charge in [-0.25, -0.2) is 0 Å². The summed E-state index contributed by atoms with van der Waals surface area (Å²) in [5.74, 6) is 5.89. The molecule has 0 heterocycles. The van der Waals surface area contributed by atoms with Crippen molar-refractivity contribution < 1.29 is 34.4 Å². The molecular weight excluding hydrogens is 737 g/mol. The lowest BCUT2D eigenvalue weighted by Gasteiger charge is -2.61. The Morgan fingerprint density at radius 3 is 2.29 bits per heavy atom. The van der Waals surface area contributed by atoms with Crippen molar-refractivity contribution in [3.63, 3.8) is 0 Å². The van der Waals surface area contributed by atoms with Crippen molar-refractivity contribution in [3.8, 4) is 0 Å². The number of aliphatic hydroxyl groups excluding tert-OH is 3. The van der Waals surface area contributed by atoms with Gasteiger partial charge in [-0.15, -0.1) is 0 Å². The number of aliphatic hydroxyl groups is 3. The minimum absolute atomic E-state index is 0.0498. The van der Waals surface area contributed by atoms with Crippen molar-refractivity contribution in [3.05, 3.63) is 23.8 Å². The Balaban J connectivity index is 0.959. The first-order valence-electron chi connectivity index (χ1n) is 24.8. The third-order valence-corrected chi connectivity index (χ3v) is 18.6. The quantitative estimate of drug-likeness (QED) is 0.125. The highest BCUT2D eigenvalue weighted by atomic mass is 16.5. The summed E-state index contributed by atoms with van der Waals surface area (Å²) >= 11 is 0. The SMILES string of the molecule is CC[C@@H](CC[C@@H](C)C1CC[C@H]2[C@@H]3CC[C@H]4CC(OC(=O)C[C@H](O)C[C@H](O)CC[C@@H]5[C@@H]6C(=C[C@@H](O)C[C@@H]6OC(=O)[C@@H](C)CC)C=C[C@@H]5C)CC[C@]4(C)[C@H]3CC[C@]12C)C(C)C. The second kappa shape index (κ2) is 19.8. The Kier molecular flexibility index (Phi) is 15.7. The molecule has 0 aromatic rings. The lowest BCUT2D eigenvalue weighted by Crippen LogP contribution is -2.54. The van der Waals surface area contributed by atoms with Crippen LogP contribution in [0.2, 0.25) is 0 Å². The molecule has 0 radical (unpaired) electrons. The summed E-state index contributed by atoms with van der Waals surface area (Å²) in [5.41, 5.74) is 1.80. The monoisotopic (exact) mass is 823 g/mol. The van der Waals surface area contributed by atoms with Gasteiger partial charge >= 0.3 is 11.9 Å². The predicted molar refractivity (Wildman–Crippen MR) is 236 cm³/mol. The standard InChI is InChI=1S/C52H86O7/c1-10-32(5)50(57)59-47-29-39(54)26-36-15-12-33(6)42(49(36)47)19-17-38(53)28-40(55)30-48(56)58-41-22-24-51(8)37(27-41)16-18-43-45-21-20-44(52(45,9)25-23-46(43)51)34(7)13-14-35(11-2)31(3)4/h12,15,26,31-35,37-47,49,53-55H,10-11,13-14,16-25,27-30H2,1-9H3/t32-,33-,34+,35-,37-,38+,39+,40+,41?,42-,43-,44?,45-,46-,47-,49-,51-,52+/m0/s1. The molecule has 4 saturated carbocycles. The molecule has 0 aliphatic heterocycles. The zero-order valence-corrected chi connectivity index (χ0v) is 38.7. The lowest BCUT2D eigenvalue weighted by atomic mass is 9.44. The fourth-order valence-corrected chi connectivity index (χ4v) is 14.7. The van der Waals surface area contributed by atoms with Gasteiger partial charge in [0.15, 0.2) is 0 Å². The molecule has 2 unspecified atom stereocenters. The summed E-state index contributed by atoms with van der Waals surface area (Å²) < 4.78 is 12.1. The number of carbonyl (C=O) groups is 2. The maximum absolute atomic E-state index is 13.2. The van der Waals surface area contributed by atoms with Crippen LogP contribution in [0.4, 0.5) is 0 Å². The Hall–Kier alpha value is -1.70. The number of carbonyl (C=O) groups excluding carboxylic acids is 2. The first-order chi connectivity index (χ1) is 28.0. The molecular formula is C52H86O7. The molecule has 0 amide bonds. The van der Waals surface area contributed by atoms with E-state index in [1.807, 2.05) is 19.9 Å². The minimum Gasteiger partial charge on any atom is -0.462 e. The Morgan fingerprint density at radius 2 is 1.58 bits per heavy atom. The number of hydrogen-bond acceptors (Lipinski definition) is 7. The maximum Gasteiger partial charge on any atom is 0.308 e. The molecule has 4 fully saturated rings. The van der Waals surface area contributed by atoms with E-state index < -0.39 is 24.4 Å². The average molecular weight is 823 g/mol. The molecule has 0 bridgehead atoms. The first-order valence-corrected chi connectivity index (χ1v) is 24.8. The number of rotatable bonds is 17. The summed E-state index contributed by atoms with van der Waals surface area (Å²) in [6.45, 7) is 21.0. The molecule has 59 heavy (non-hydrogen) atoms. The third kappa shape index (κ3) is 10.2. The van der Waals surface area contributed by atoms with Crippen LogP contribution in [-0.4, -0.2) is 57.8 Å². The molecule has 0 saturated heterocycles. The van der Waals surface area contributed by atoms with Gasteiger partial charge in [0.1, 0.15) is 12.2 Å². The van der Waals surface area contributed by atoms with E-state index in [4.69, 9.17) is 9.47 Å². The summed E-state index contributed by atoms with van der Waals surface area (Å²) in [5, 5.41) is 32.6. The van der Waals surface area contributed by atoms with Crippen LogP contribution in [-0.2, 0) is 19.1 Å². The van der Waals surface area contributed by atoms with Gasteiger partial charge in [-0.3, -0.25) is 9.59 Å². The Morgan fingerprint density at radius 1 is 0.847 bits per heavy atom. The lowest BCUT2D eigenvalue weighted by molar-refractivity contribution is -0.165. The number of fused-ring (bicyclic) bond motifs is 6. The molecule has 6 rings (SSSR count). The minimum atomic E-state index is -0.965. The topological polar surface area (TPSA) is 113 Å². The van der Waals surface area contributed by atoms with Crippen LogP contribution in [0.25, 0.3) is 0 Å². The molecule has 6 aliphatic carbocycles. The van der Waals surface area contributed by atoms with Crippen molar-refractivity contribution >= 4 is 11.9 Å². The maximum atomic E-state index is 13.2. The smallest absolute Gasteiger partial charge is 0.308 e. The first kappa shape index (κ1) is 46.8. The van der Waals surface area contributed by atoms with Crippen molar-refractivity contribution in [1.29, 1.82) is 0 Å². The van der Waals surface area contributed by atoms with Crippen LogP contribution >= 0.6 is 0 Å². The van der Waals surface area contributed by atoms with Crippen molar-refractivity contribution in [2.45, 2.75) is 208 Å². The van der Waals surface area contributed by atoms with Gasteiger partial charge < -0.3 is 24.8 Å². The molecule has 0 aromatic heterocycles. The van der Waals surface area contributed by atoms with E-state index >= 15 is 0 Å². The summed E-state index contributed by atoms with van der Waals surface area (Å²) in [7, 11) is 0. The van der Waals surface area contributed by atoms with E-state index in [1.54, 1.807) is 0 Å². The fraction of sp³-hybridized carbons (Fsp3) is 0.885. The third-order valence-electron chi connectivity index (χ3n) is 18.6. The van der Waals surface area contributed by atoms with Crippen LogP contribution in [0.1, 0.15) is 178 Å². The largest absolute Gasteiger partial charge is 0.462 e. The van der Waals surface area contributed by atoms with E-state index in [0.29, 0.717) is 42.4 Å². The van der Waals surface area contributed by atoms with Gasteiger partial charge in [-0.1, -0.05) is 93.4 Å². The van der Waals surface area contributed by atoms with Gasteiger partial charge in [0, 0.05) is 12.3 Å². The highest BCUT2D eigenvalue weighted by Crippen LogP contribution is 2.68. The van der Waals surface area contributed by atoms with Crippen LogP contribution < -0.4 is 0 Å². The Labute approximate surface area is 359 Å². The molecule has 6 aliphatic rings. The molecule has 336 valence electrons. The second-order valence-corrected chi connectivity index (χ2v) is 22.2. The van der Waals surface area contributed by atoms with Gasteiger partial charge in [0.2, 0.25) is 0 Å². The van der Waals surface area contributed by atoms with Crippen molar-refractivity contribution in [2.75, 3.05) is 0 Å². The normalized spacial score (nSPS) is 40.4. The van der Waals surface area contributed by atoms with E-state index in [1.165, 1.54) is 57.8 Å². The zero-order valence-electron chi connectivity index (χ0n) is 38.7. The molecule has 7 heteroatoms. The number of ether oxygens (including phenoxy) is 2. The summed E-state index contributed by atoms with van der Waals surface area (Å²) in [4.78, 5) is 26.0. The molecule has 3 N–H and O–H groups in total.